The highest BCUT2D eigenvalue weighted by Gasteiger charge is 2.14. The Morgan fingerprint density at radius 3 is 2.75 bits per heavy atom. The molecule has 16 heavy (non-hydrogen) atoms. The Bertz CT molecular complexity index is 338. The van der Waals surface area contributed by atoms with E-state index in [1.54, 1.807) is 18.9 Å². The van der Waals surface area contributed by atoms with Gasteiger partial charge in [0.1, 0.15) is 0 Å². The summed E-state index contributed by atoms with van der Waals surface area (Å²) in [5.74, 6) is 0.307. The fourth-order valence-corrected chi connectivity index (χ4v) is 1.50. The molecule has 0 spiro atoms. The molecule has 90 valence electrons. The monoisotopic (exact) mass is 227 g/mol. The van der Waals surface area contributed by atoms with Crippen molar-refractivity contribution in [2.45, 2.75) is 20.1 Å². The van der Waals surface area contributed by atoms with Crippen molar-refractivity contribution in [1.82, 2.24) is 15.0 Å². The first-order chi connectivity index (χ1) is 7.72. The zero-order valence-electron chi connectivity index (χ0n) is 9.84. The van der Waals surface area contributed by atoms with Crippen LogP contribution in [-0.2, 0) is 22.6 Å². The molecule has 0 aliphatic heterocycles. The van der Waals surface area contributed by atoms with Gasteiger partial charge in [0.2, 0.25) is 0 Å². The Labute approximate surface area is 94.5 Å². The molecule has 1 heterocycles. The number of hydrogen-bond donors (Lipinski definition) is 0. The molecule has 0 radical (unpaired) electrons. The van der Waals surface area contributed by atoms with Gasteiger partial charge in [0.15, 0.2) is 12.0 Å². The topological polar surface area (TPSA) is 66.2 Å². The third-order valence-corrected chi connectivity index (χ3v) is 2.20. The summed E-state index contributed by atoms with van der Waals surface area (Å²) >= 11 is 0. The van der Waals surface area contributed by atoms with E-state index in [1.807, 2.05) is 6.92 Å². The minimum absolute atomic E-state index is 0.307. The molecule has 0 saturated heterocycles. The van der Waals surface area contributed by atoms with E-state index in [-0.39, 0.29) is 0 Å². The molecule has 0 saturated carbocycles. The number of carbonyl (C=O) groups is 1. The van der Waals surface area contributed by atoms with Gasteiger partial charge in [-0.05, 0) is 5.92 Å². The minimum atomic E-state index is 0.307. The summed E-state index contributed by atoms with van der Waals surface area (Å²) in [5, 5.41) is 7.72. The summed E-state index contributed by atoms with van der Waals surface area (Å²) < 4.78 is 11.8. The van der Waals surface area contributed by atoms with Crippen molar-refractivity contribution in [3.8, 4) is 0 Å². The van der Waals surface area contributed by atoms with Crippen LogP contribution in [0.5, 0.6) is 0 Å². The van der Waals surface area contributed by atoms with Crippen molar-refractivity contribution in [3.05, 3.63) is 11.4 Å². The highest BCUT2D eigenvalue weighted by Crippen LogP contribution is 2.08. The van der Waals surface area contributed by atoms with E-state index in [9.17, 15) is 4.79 Å². The Kier molecular flexibility index (Phi) is 5.07. The van der Waals surface area contributed by atoms with Gasteiger partial charge in [0.25, 0.3) is 0 Å². The number of ether oxygens (including phenoxy) is 2. The lowest BCUT2D eigenvalue weighted by molar-refractivity contribution is 0.111. The average Bonchev–Trinajstić information content (AvgIpc) is 2.62. The summed E-state index contributed by atoms with van der Waals surface area (Å²) in [7, 11) is 3.23. The normalized spacial score (nSPS) is 12.7. The maximum absolute atomic E-state index is 10.7. The van der Waals surface area contributed by atoms with Crippen LogP contribution in [0.2, 0.25) is 0 Å². The molecule has 0 N–H and O–H groups in total. The molecule has 0 bridgehead atoms. The smallest absolute Gasteiger partial charge is 0.172 e. The van der Waals surface area contributed by atoms with E-state index in [0.717, 1.165) is 0 Å². The van der Waals surface area contributed by atoms with Gasteiger partial charge in [0.05, 0.1) is 18.9 Å². The minimum Gasteiger partial charge on any atom is -0.384 e. The van der Waals surface area contributed by atoms with Crippen LogP contribution in [0.1, 0.15) is 23.1 Å². The highest BCUT2D eigenvalue weighted by atomic mass is 16.5. The van der Waals surface area contributed by atoms with Crippen LogP contribution in [0.15, 0.2) is 0 Å². The van der Waals surface area contributed by atoms with Gasteiger partial charge in [-0.2, -0.15) is 0 Å². The number of rotatable bonds is 7. The number of hydrogen-bond acceptors (Lipinski definition) is 5. The number of nitrogens with zero attached hydrogens (tertiary/aromatic N) is 3. The second-order valence-electron chi connectivity index (χ2n) is 3.71. The van der Waals surface area contributed by atoms with E-state index in [2.05, 4.69) is 10.3 Å². The SMILES string of the molecule is COCc1c(C=O)nnn1CC(C)COC. The van der Waals surface area contributed by atoms with E-state index in [4.69, 9.17) is 9.47 Å². The summed E-state index contributed by atoms with van der Waals surface area (Å²) in [6, 6.07) is 0. The molecular formula is C10H17N3O3. The lowest BCUT2D eigenvalue weighted by Gasteiger charge is -2.11. The molecule has 0 aliphatic carbocycles. The Hall–Kier alpha value is -1.27. The molecule has 1 unspecified atom stereocenters. The maximum Gasteiger partial charge on any atom is 0.172 e. The second-order valence-corrected chi connectivity index (χ2v) is 3.71. The largest absolute Gasteiger partial charge is 0.384 e. The molecule has 6 heteroatoms. The third kappa shape index (κ3) is 3.11. The summed E-state index contributed by atoms with van der Waals surface area (Å²) in [6.07, 6.45) is 0.693. The van der Waals surface area contributed by atoms with Crippen molar-refractivity contribution < 1.29 is 14.3 Å². The molecule has 0 aliphatic rings. The average molecular weight is 227 g/mol. The molecule has 0 aromatic carbocycles. The van der Waals surface area contributed by atoms with Gasteiger partial charge < -0.3 is 9.47 Å². The predicted molar refractivity (Wildman–Crippen MR) is 57.2 cm³/mol. The molecule has 0 fully saturated rings. The second kappa shape index (κ2) is 6.34. The molecule has 1 rings (SSSR count). The Morgan fingerprint density at radius 2 is 2.19 bits per heavy atom. The van der Waals surface area contributed by atoms with Crippen LogP contribution in [0.4, 0.5) is 0 Å². The van der Waals surface area contributed by atoms with Gasteiger partial charge in [-0.3, -0.25) is 4.79 Å². The Morgan fingerprint density at radius 1 is 1.44 bits per heavy atom. The molecule has 6 nitrogen and oxygen atoms in total. The standard InChI is InChI=1S/C10H17N3O3/c1-8(6-15-2)4-13-10(7-16-3)9(5-14)11-12-13/h5,8H,4,6-7H2,1-3H3. The number of methoxy groups -OCH3 is 2. The summed E-state index contributed by atoms with van der Waals surface area (Å²) in [6.45, 7) is 3.68. The number of aromatic nitrogens is 3. The van der Waals surface area contributed by atoms with Crippen LogP contribution in [-0.4, -0.2) is 42.1 Å². The van der Waals surface area contributed by atoms with Crippen molar-refractivity contribution >= 4 is 6.29 Å². The van der Waals surface area contributed by atoms with Crippen LogP contribution in [0.3, 0.4) is 0 Å². The van der Waals surface area contributed by atoms with Crippen LogP contribution in [0.25, 0.3) is 0 Å². The first-order valence-corrected chi connectivity index (χ1v) is 5.08. The first-order valence-electron chi connectivity index (χ1n) is 5.08. The van der Waals surface area contributed by atoms with E-state index >= 15 is 0 Å². The van der Waals surface area contributed by atoms with Gasteiger partial charge >= 0.3 is 0 Å². The van der Waals surface area contributed by atoms with Gasteiger partial charge in [-0.1, -0.05) is 12.1 Å². The van der Waals surface area contributed by atoms with Crippen LogP contribution >= 0.6 is 0 Å². The van der Waals surface area contributed by atoms with E-state index < -0.39 is 0 Å². The predicted octanol–water partition coefficient (Wildman–Crippen LogP) is 0.519. The lowest BCUT2D eigenvalue weighted by Crippen LogP contribution is -2.16. The summed E-state index contributed by atoms with van der Waals surface area (Å²) in [5.41, 5.74) is 1.05. The van der Waals surface area contributed by atoms with Crippen molar-refractivity contribution in [3.63, 3.8) is 0 Å². The Balaban J connectivity index is 2.78. The number of carbonyl (C=O) groups excluding carboxylic acids is 1. The number of aldehydes is 1. The van der Waals surface area contributed by atoms with E-state index in [1.165, 1.54) is 0 Å². The van der Waals surface area contributed by atoms with Crippen molar-refractivity contribution in [2.24, 2.45) is 5.92 Å². The maximum atomic E-state index is 10.7. The quantitative estimate of drug-likeness (QED) is 0.635. The molecular weight excluding hydrogens is 210 g/mol. The van der Waals surface area contributed by atoms with Gasteiger partial charge in [-0.15, -0.1) is 5.10 Å². The fourth-order valence-electron chi connectivity index (χ4n) is 1.50. The highest BCUT2D eigenvalue weighted by molar-refractivity contribution is 5.73. The zero-order chi connectivity index (χ0) is 12.0. The van der Waals surface area contributed by atoms with Gasteiger partial charge in [-0.25, -0.2) is 4.68 Å². The molecule has 0 amide bonds. The van der Waals surface area contributed by atoms with Gasteiger partial charge in [0, 0.05) is 20.8 Å². The zero-order valence-corrected chi connectivity index (χ0v) is 9.84. The van der Waals surface area contributed by atoms with Crippen molar-refractivity contribution in [2.75, 3.05) is 20.8 Å². The first kappa shape index (κ1) is 12.8. The molecule has 1 aromatic heterocycles. The molecule has 1 atom stereocenters. The lowest BCUT2D eigenvalue weighted by atomic mass is 10.2. The molecule has 1 aromatic rings. The van der Waals surface area contributed by atoms with Crippen molar-refractivity contribution in [1.29, 1.82) is 0 Å². The van der Waals surface area contributed by atoms with Crippen LogP contribution < -0.4 is 0 Å². The fraction of sp³-hybridized carbons (Fsp3) is 0.700. The van der Waals surface area contributed by atoms with E-state index in [0.29, 0.717) is 43.4 Å². The third-order valence-electron chi connectivity index (χ3n) is 2.20. The summed E-state index contributed by atoms with van der Waals surface area (Å²) in [4.78, 5) is 10.7. The van der Waals surface area contributed by atoms with Crippen LogP contribution in [0, 0.1) is 5.92 Å².